The van der Waals surface area contributed by atoms with Crippen molar-refractivity contribution < 1.29 is 19.1 Å². The summed E-state index contributed by atoms with van der Waals surface area (Å²) in [6.45, 7) is 3.63. The first-order valence-corrected chi connectivity index (χ1v) is 9.17. The van der Waals surface area contributed by atoms with E-state index in [0.29, 0.717) is 35.7 Å². The molecule has 0 aliphatic carbocycles. The highest BCUT2D eigenvalue weighted by atomic mass is 16.5. The summed E-state index contributed by atoms with van der Waals surface area (Å²) in [6, 6.07) is 12.9. The number of methoxy groups -OCH3 is 2. The number of anilines is 2. The van der Waals surface area contributed by atoms with Crippen LogP contribution in [0.3, 0.4) is 0 Å². The second kappa shape index (κ2) is 10.7. The van der Waals surface area contributed by atoms with Crippen LogP contribution >= 0.6 is 0 Å². The fraction of sp³-hybridized carbons (Fsp3) is 0.217. The van der Waals surface area contributed by atoms with Crippen LogP contribution in [-0.4, -0.2) is 33.5 Å². The highest BCUT2D eigenvalue weighted by molar-refractivity contribution is 5.94. The molecular formula is C23H26N2O4. The molecule has 1 amide bonds. The van der Waals surface area contributed by atoms with Gasteiger partial charge in [0.25, 0.3) is 0 Å². The molecule has 1 N–H and O–H groups in total. The van der Waals surface area contributed by atoms with Crippen molar-refractivity contribution in [2.75, 3.05) is 31.5 Å². The van der Waals surface area contributed by atoms with Crippen LogP contribution in [0.5, 0.6) is 11.5 Å². The predicted molar refractivity (Wildman–Crippen MR) is 116 cm³/mol. The van der Waals surface area contributed by atoms with Crippen LogP contribution in [-0.2, 0) is 9.59 Å². The van der Waals surface area contributed by atoms with E-state index in [1.54, 1.807) is 32.4 Å². The van der Waals surface area contributed by atoms with Crippen LogP contribution in [0.4, 0.5) is 11.4 Å². The Morgan fingerprint density at radius 2 is 1.86 bits per heavy atom. The van der Waals surface area contributed by atoms with Gasteiger partial charge in [0.15, 0.2) is 0 Å². The topological polar surface area (TPSA) is 67.9 Å². The van der Waals surface area contributed by atoms with Crippen LogP contribution in [0.25, 0.3) is 5.70 Å². The van der Waals surface area contributed by atoms with Gasteiger partial charge >= 0.3 is 0 Å². The Kier molecular flexibility index (Phi) is 8.03. The summed E-state index contributed by atoms with van der Waals surface area (Å²) in [5, 5.41) is 2.87. The highest BCUT2D eigenvalue weighted by Crippen LogP contribution is 2.34. The third-order valence-corrected chi connectivity index (χ3v) is 4.39. The largest absolute Gasteiger partial charge is 0.496 e. The number of allylic oxidation sites excluding steroid dienone is 2. The lowest BCUT2D eigenvalue weighted by Gasteiger charge is -2.25. The number of carbonyl (C=O) groups excluding carboxylic acids is 2. The average molecular weight is 394 g/mol. The van der Waals surface area contributed by atoms with E-state index in [1.807, 2.05) is 42.3 Å². The summed E-state index contributed by atoms with van der Waals surface area (Å²) in [4.78, 5) is 25.3. The molecule has 0 aromatic heterocycles. The number of carbonyl (C=O) groups is 2. The Balaban J connectivity index is 2.41. The molecule has 2 aromatic carbocycles. The summed E-state index contributed by atoms with van der Waals surface area (Å²) in [5.41, 5.74) is 2.75. The SMILES string of the molecule is C=CCCC(=O)Nc1cc(N(C)/C(=C/C=O)c2ccccc2OC)ccc1OC. The Bertz CT molecular complexity index is 906. The average Bonchev–Trinajstić information content (AvgIpc) is 2.75. The van der Waals surface area contributed by atoms with Crippen molar-refractivity contribution >= 4 is 29.3 Å². The van der Waals surface area contributed by atoms with Crippen LogP contribution in [0.15, 0.2) is 61.2 Å². The maximum Gasteiger partial charge on any atom is 0.224 e. The number of benzene rings is 2. The van der Waals surface area contributed by atoms with Crippen LogP contribution in [0, 0.1) is 0 Å². The van der Waals surface area contributed by atoms with Crippen molar-refractivity contribution in [1.29, 1.82) is 0 Å². The van der Waals surface area contributed by atoms with E-state index < -0.39 is 0 Å². The molecule has 0 heterocycles. The quantitative estimate of drug-likeness (QED) is 0.370. The van der Waals surface area contributed by atoms with Gasteiger partial charge in [-0.2, -0.15) is 0 Å². The van der Waals surface area contributed by atoms with Crippen molar-refractivity contribution in [3.05, 3.63) is 66.8 Å². The van der Waals surface area contributed by atoms with Gasteiger partial charge in [-0.1, -0.05) is 18.2 Å². The third-order valence-electron chi connectivity index (χ3n) is 4.39. The second-order valence-electron chi connectivity index (χ2n) is 6.21. The van der Waals surface area contributed by atoms with Gasteiger partial charge in [-0.05, 0) is 36.8 Å². The first kappa shape index (κ1) is 21.8. The second-order valence-corrected chi connectivity index (χ2v) is 6.21. The van der Waals surface area contributed by atoms with E-state index >= 15 is 0 Å². The highest BCUT2D eigenvalue weighted by Gasteiger charge is 2.16. The van der Waals surface area contributed by atoms with Gasteiger partial charge in [0.05, 0.1) is 25.6 Å². The molecule has 0 aliphatic rings. The number of ether oxygens (including phenoxy) is 2. The summed E-state index contributed by atoms with van der Waals surface area (Å²) in [7, 11) is 4.97. The molecule has 0 atom stereocenters. The molecule has 152 valence electrons. The molecule has 0 aliphatic heterocycles. The van der Waals surface area contributed by atoms with Gasteiger partial charge in [-0.15, -0.1) is 6.58 Å². The summed E-state index contributed by atoms with van der Waals surface area (Å²) >= 11 is 0. The molecule has 0 radical (unpaired) electrons. The van der Waals surface area contributed by atoms with Gasteiger partial charge in [0.2, 0.25) is 5.91 Å². The van der Waals surface area contributed by atoms with Gasteiger partial charge in [-0.3, -0.25) is 9.59 Å². The zero-order chi connectivity index (χ0) is 21.2. The maximum atomic E-state index is 12.2. The lowest BCUT2D eigenvalue weighted by molar-refractivity contribution is -0.116. The number of hydrogen-bond acceptors (Lipinski definition) is 5. The van der Waals surface area contributed by atoms with Crippen LogP contribution < -0.4 is 19.7 Å². The Morgan fingerprint density at radius 1 is 1.14 bits per heavy atom. The van der Waals surface area contributed by atoms with Gasteiger partial charge in [-0.25, -0.2) is 0 Å². The lowest BCUT2D eigenvalue weighted by Crippen LogP contribution is -2.17. The molecule has 0 fully saturated rings. The number of nitrogens with one attached hydrogen (secondary N) is 1. The molecule has 6 nitrogen and oxygen atoms in total. The first-order chi connectivity index (χ1) is 14.0. The zero-order valence-corrected chi connectivity index (χ0v) is 17.0. The zero-order valence-electron chi connectivity index (χ0n) is 17.0. The van der Waals surface area contributed by atoms with E-state index in [2.05, 4.69) is 11.9 Å². The van der Waals surface area contributed by atoms with E-state index in [4.69, 9.17) is 9.47 Å². The standard InChI is InChI=1S/C23H26N2O4/c1-5-6-11-23(27)24-19-16-17(12-13-22(19)29-4)25(2)20(14-15-26)18-9-7-8-10-21(18)28-3/h5,7-10,12-16H,1,6,11H2,2-4H3,(H,24,27)/b20-14+. The predicted octanol–water partition coefficient (Wildman–Crippen LogP) is 4.28. The molecule has 2 rings (SSSR count). The fourth-order valence-corrected chi connectivity index (χ4v) is 2.89. The van der Waals surface area contributed by atoms with Crippen LogP contribution in [0.1, 0.15) is 18.4 Å². The normalized spacial score (nSPS) is 10.8. The summed E-state index contributed by atoms with van der Waals surface area (Å²) in [6.07, 6.45) is 4.84. The van der Waals surface area contributed by atoms with Gasteiger partial charge in [0.1, 0.15) is 17.8 Å². The monoisotopic (exact) mass is 394 g/mol. The van der Waals surface area contributed by atoms with Crippen molar-refractivity contribution in [3.8, 4) is 11.5 Å². The molecular weight excluding hydrogens is 368 g/mol. The fourth-order valence-electron chi connectivity index (χ4n) is 2.89. The number of aldehydes is 1. The van der Waals surface area contributed by atoms with E-state index in [0.717, 1.165) is 17.5 Å². The van der Waals surface area contributed by atoms with Crippen molar-refractivity contribution in [1.82, 2.24) is 0 Å². The smallest absolute Gasteiger partial charge is 0.224 e. The number of nitrogens with zero attached hydrogens (tertiary/aromatic N) is 1. The minimum absolute atomic E-state index is 0.128. The van der Waals surface area contributed by atoms with Gasteiger partial charge in [0, 0.05) is 30.8 Å². The Hall–Kier alpha value is -3.54. The third kappa shape index (κ3) is 5.48. The number of hydrogen-bond donors (Lipinski definition) is 1. The Labute approximate surface area is 171 Å². The molecule has 0 bridgehead atoms. The molecule has 0 spiro atoms. The number of rotatable bonds is 10. The molecule has 0 saturated carbocycles. The molecule has 2 aromatic rings. The van der Waals surface area contributed by atoms with Crippen LogP contribution in [0.2, 0.25) is 0 Å². The maximum absolute atomic E-state index is 12.2. The lowest BCUT2D eigenvalue weighted by atomic mass is 10.1. The van der Waals surface area contributed by atoms with E-state index in [-0.39, 0.29) is 5.91 Å². The molecule has 29 heavy (non-hydrogen) atoms. The van der Waals surface area contributed by atoms with E-state index in [1.165, 1.54) is 6.08 Å². The van der Waals surface area contributed by atoms with Gasteiger partial charge < -0.3 is 19.7 Å². The summed E-state index contributed by atoms with van der Waals surface area (Å²) < 4.78 is 10.8. The molecule has 6 heteroatoms. The van der Waals surface area contributed by atoms with Crippen molar-refractivity contribution in [2.24, 2.45) is 0 Å². The Morgan fingerprint density at radius 3 is 2.52 bits per heavy atom. The van der Waals surface area contributed by atoms with Crippen molar-refractivity contribution in [2.45, 2.75) is 12.8 Å². The molecule has 0 unspecified atom stereocenters. The minimum atomic E-state index is -0.128. The van der Waals surface area contributed by atoms with E-state index in [9.17, 15) is 9.59 Å². The minimum Gasteiger partial charge on any atom is -0.496 e. The molecule has 0 saturated heterocycles. The number of para-hydroxylation sites is 1. The first-order valence-electron chi connectivity index (χ1n) is 9.17. The van der Waals surface area contributed by atoms with Crippen molar-refractivity contribution in [3.63, 3.8) is 0 Å². The number of amides is 1. The summed E-state index contributed by atoms with van der Waals surface area (Å²) in [5.74, 6) is 1.07.